The number of piperidine rings is 1. The minimum atomic E-state index is -1.15. The monoisotopic (exact) mass is 542 g/mol. The molecule has 0 bridgehead atoms. The van der Waals surface area contributed by atoms with Crippen molar-refractivity contribution < 1.29 is 19.0 Å². The Labute approximate surface area is 233 Å². The van der Waals surface area contributed by atoms with Crippen LogP contribution in [0.25, 0.3) is 28.0 Å². The van der Waals surface area contributed by atoms with Gasteiger partial charge in [0.25, 0.3) is 0 Å². The van der Waals surface area contributed by atoms with E-state index in [1.54, 1.807) is 16.6 Å². The van der Waals surface area contributed by atoms with Crippen molar-refractivity contribution in [1.29, 1.82) is 0 Å². The summed E-state index contributed by atoms with van der Waals surface area (Å²) in [7, 11) is 0. The first-order valence-electron chi connectivity index (χ1n) is 14.0. The fraction of sp³-hybridized carbons (Fsp3) is 0.406. The number of aliphatic carboxylic acids is 1. The molecule has 0 amide bonds. The van der Waals surface area contributed by atoms with Crippen molar-refractivity contribution in [1.82, 2.24) is 14.6 Å². The lowest BCUT2D eigenvalue weighted by Crippen LogP contribution is -2.37. The number of rotatable bonds is 8. The highest BCUT2D eigenvalue weighted by molar-refractivity contribution is 5.79. The van der Waals surface area contributed by atoms with Crippen LogP contribution in [0.4, 0.5) is 10.2 Å². The SMILES string of the molecule is Cc1nc2cc(-c3cccc(-c4ccccc4F)c3)nn2c(N2CCC3(C)CC3C2)c1C(OCC(C)C)C(=O)O. The van der Waals surface area contributed by atoms with E-state index in [1.165, 1.54) is 12.5 Å². The first-order valence-corrected chi connectivity index (χ1v) is 14.0. The smallest absolute Gasteiger partial charge is 0.337 e. The van der Waals surface area contributed by atoms with Crippen LogP contribution in [-0.4, -0.2) is 45.4 Å². The van der Waals surface area contributed by atoms with Crippen molar-refractivity contribution in [3.8, 4) is 22.4 Å². The maximum absolute atomic E-state index is 14.5. The number of carboxylic acid groups (broad SMARTS) is 1. The average molecular weight is 543 g/mol. The summed E-state index contributed by atoms with van der Waals surface area (Å²) in [6.45, 7) is 10.2. The highest BCUT2D eigenvalue weighted by Crippen LogP contribution is 2.58. The molecular formula is C32H35FN4O3. The van der Waals surface area contributed by atoms with E-state index >= 15 is 0 Å². The maximum Gasteiger partial charge on any atom is 0.337 e. The van der Waals surface area contributed by atoms with E-state index in [0.717, 1.165) is 36.5 Å². The van der Waals surface area contributed by atoms with Gasteiger partial charge in [0.05, 0.1) is 17.9 Å². The molecule has 1 aliphatic carbocycles. The predicted octanol–water partition coefficient (Wildman–Crippen LogP) is 6.55. The van der Waals surface area contributed by atoms with E-state index in [9.17, 15) is 14.3 Å². The molecule has 2 aromatic carbocycles. The second kappa shape index (κ2) is 10.0. The van der Waals surface area contributed by atoms with Crippen LogP contribution in [0.3, 0.4) is 0 Å². The Bertz CT molecular complexity index is 1600. The van der Waals surface area contributed by atoms with Crippen molar-refractivity contribution in [2.45, 2.75) is 46.6 Å². The molecule has 8 heteroatoms. The van der Waals surface area contributed by atoms with Gasteiger partial charge in [-0.2, -0.15) is 9.61 Å². The lowest BCUT2D eigenvalue weighted by molar-refractivity contribution is -0.151. The van der Waals surface area contributed by atoms with Crippen molar-refractivity contribution >= 4 is 17.4 Å². The molecule has 2 aromatic heterocycles. The first-order chi connectivity index (χ1) is 19.1. The van der Waals surface area contributed by atoms with Gasteiger partial charge in [0.15, 0.2) is 11.8 Å². The molecule has 3 heterocycles. The van der Waals surface area contributed by atoms with Gasteiger partial charge in [-0.15, -0.1) is 0 Å². The summed E-state index contributed by atoms with van der Waals surface area (Å²) in [5.74, 6) is 0.179. The Balaban J connectivity index is 1.49. The number of nitrogens with zero attached hydrogens (tertiary/aromatic N) is 4. The number of halogens is 1. The number of anilines is 1. The van der Waals surface area contributed by atoms with Gasteiger partial charge < -0.3 is 14.7 Å². The van der Waals surface area contributed by atoms with Gasteiger partial charge in [0.2, 0.25) is 0 Å². The molecule has 1 saturated heterocycles. The standard InChI is InChI=1S/C32H35FN4O3/c1-19(2)18-40-29(31(38)39)28-20(3)34-27-15-26(22-9-7-8-21(14-22)24-10-5-6-11-25(24)33)35-37(27)30(28)36-13-12-32(4)16-23(32)17-36/h5-11,14-15,19,23,29H,12-13,16-18H2,1-4H3,(H,38,39). The van der Waals surface area contributed by atoms with E-state index in [-0.39, 0.29) is 11.7 Å². The number of aryl methyl sites for hydroxylation is 1. The molecular weight excluding hydrogens is 507 g/mol. The van der Waals surface area contributed by atoms with Gasteiger partial charge in [0.1, 0.15) is 11.6 Å². The Morgan fingerprint density at radius 1 is 1.18 bits per heavy atom. The second-order valence-corrected chi connectivity index (χ2v) is 12.0. The molecule has 2 fully saturated rings. The summed E-state index contributed by atoms with van der Waals surface area (Å²) in [6.07, 6.45) is 1.08. The molecule has 1 N–H and O–H groups in total. The van der Waals surface area contributed by atoms with Crippen molar-refractivity contribution in [2.75, 3.05) is 24.6 Å². The molecule has 2 aliphatic rings. The molecule has 3 unspecified atom stereocenters. The summed E-state index contributed by atoms with van der Waals surface area (Å²) in [5.41, 5.74) is 4.99. The number of ether oxygens (including phenoxy) is 1. The zero-order chi connectivity index (χ0) is 28.2. The normalized spacial score (nSPS) is 21.1. The number of hydrogen-bond acceptors (Lipinski definition) is 5. The molecule has 1 aliphatic heterocycles. The fourth-order valence-corrected chi connectivity index (χ4v) is 6.01. The molecule has 40 heavy (non-hydrogen) atoms. The van der Waals surface area contributed by atoms with E-state index in [0.29, 0.717) is 46.1 Å². The van der Waals surface area contributed by atoms with Gasteiger partial charge >= 0.3 is 5.97 Å². The number of carboxylic acids is 1. The summed E-state index contributed by atoms with van der Waals surface area (Å²) >= 11 is 0. The molecule has 1 saturated carbocycles. The average Bonchev–Trinajstić information content (AvgIpc) is 3.42. The lowest BCUT2D eigenvalue weighted by Gasteiger charge is -2.34. The Kier molecular flexibility index (Phi) is 6.61. The number of carbonyl (C=O) groups is 1. The van der Waals surface area contributed by atoms with Crippen LogP contribution < -0.4 is 4.90 Å². The first kappa shape index (κ1) is 26.4. The minimum absolute atomic E-state index is 0.183. The summed E-state index contributed by atoms with van der Waals surface area (Å²) in [5, 5.41) is 15.3. The third-order valence-corrected chi connectivity index (χ3v) is 8.46. The summed E-state index contributed by atoms with van der Waals surface area (Å²) < 4.78 is 22.3. The molecule has 4 aromatic rings. The number of hydrogen-bond donors (Lipinski definition) is 1. The van der Waals surface area contributed by atoms with Crippen LogP contribution in [0.5, 0.6) is 0 Å². The van der Waals surface area contributed by atoms with Gasteiger partial charge in [-0.25, -0.2) is 14.2 Å². The third kappa shape index (κ3) is 4.74. The second-order valence-electron chi connectivity index (χ2n) is 12.0. The van der Waals surface area contributed by atoms with E-state index in [4.69, 9.17) is 14.8 Å². The quantitative estimate of drug-likeness (QED) is 0.272. The Morgan fingerprint density at radius 3 is 2.67 bits per heavy atom. The summed E-state index contributed by atoms with van der Waals surface area (Å²) in [6, 6.07) is 16.3. The zero-order valence-electron chi connectivity index (χ0n) is 23.4. The van der Waals surface area contributed by atoms with Crippen molar-refractivity contribution in [3.05, 3.63) is 71.7 Å². The van der Waals surface area contributed by atoms with Crippen molar-refractivity contribution in [3.63, 3.8) is 0 Å². The van der Waals surface area contributed by atoms with Crippen LogP contribution in [0.15, 0.2) is 54.6 Å². The van der Waals surface area contributed by atoms with Gasteiger partial charge in [0, 0.05) is 36.0 Å². The topological polar surface area (TPSA) is 80.0 Å². The molecule has 0 spiro atoms. The largest absolute Gasteiger partial charge is 0.479 e. The predicted molar refractivity (Wildman–Crippen MR) is 153 cm³/mol. The van der Waals surface area contributed by atoms with Crippen LogP contribution in [0, 0.1) is 30.0 Å². The lowest BCUT2D eigenvalue weighted by atomic mass is 9.97. The summed E-state index contributed by atoms with van der Waals surface area (Å²) in [4.78, 5) is 19.6. The highest BCUT2D eigenvalue weighted by Gasteiger charge is 2.53. The Hall–Kier alpha value is -3.78. The zero-order valence-corrected chi connectivity index (χ0v) is 23.4. The highest BCUT2D eigenvalue weighted by atomic mass is 19.1. The molecule has 7 nitrogen and oxygen atoms in total. The fourth-order valence-electron chi connectivity index (χ4n) is 6.01. The molecule has 3 atom stereocenters. The number of aromatic nitrogens is 3. The van der Waals surface area contributed by atoms with Crippen LogP contribution >= 0.6 is 0 Å². The third-order valence-electron chi connectivity index (χ3n) is 8.46. The van der Waals surface area contributed by atoms with Gasteiger partial charge in [-0.3, -0.25) is 0 Å². The van der Waals surface area contributed by atoms with Gasteiger partial charge in [-0.1, -0.05) is 57.2 Å². The Morgan fingerprint density at radius 2 is 1.95 bits per heavy atom. The molecule has 208 valence electrons. The molecule has 0 radical (unpaired) electrons. The minimum Gasteiger partial charge on any atom is -0.479 e. The maximum atomic E-state index is 14.5. The van der Waals surface area contributed by atoms with E-state index in [1.807, 2.05) is 57.2 Å². The van der Waals surface area contributed by atoms with Crippen LogP contribution in [0.1, 0.15) is 51.0 Å². The van der Waals surface area contributed by atoms with Crippen LogP contribution in [-0.2, 0) is 9.53 Å². The number of benzene rings is 2. The van der Waals surface area contributed by atoms with Crippen molar-refractivity contribution in [2.24, 2.45) is 17.3 Å². The number of fused-ring (bicyclic) bond motifs is 2. The van der Waals surface area contributed by atoms with E-state index < -0.39 is 12.1 Å². The van der Waals surface area contributed by atoms with E-state index in [2.05, 4.69) is 11.8 Å². The van der Waals surface area contributed by atoms with Crippen LogP contribution in [0.2, 0.25) is 0 Å². The van der Waals surface area contributed by atoms with Gasteiger partial charge in [-0.05, 0) is 54.7 Å². The molecule has 6 rings (SSSR count).